The fourth-order valence-corrected chi connectivity index (χ4v) is 1.62. The molecule has 2 atom stereocenters. The van der Waals surface area contributed by atoms with Gasteiger partial charge < -0.3 is 0 Å². The highest BCUT2D eigenvalue weighted by molar-refractivity contribution is 5.00. The first-order valence-electron chi connectivity index (χ1n) is 4.92. The molecule has 0 aliphatic heterocycles. The van der Waals surface area contributed by atoms with Gasteiger partial charge in [0.1, 0.15) is 0 Å². The maximum atomic E-state index is 8.59. The summed E-state index contributed by atoms with van der Waals surface area (Å²) in [5, 5.41) is 8.59. The Kier molecular flexibility index (Phi) is 2.77. The summed E-state index contributed by atoms with van der Waals surface area (Å²) in [6.45, 7) is 6.84. The first-order chi connectivity index (χ1) is 5.53. The fourth-order valence-electron chi connectivity index (χ4n) is 1.62. The summed E-state index contributed by atoms with van der Waals surface area (Å²) in [7, 11) is 0. The summed E-state index contributed by atoms with van der Waals surface area (Å²) in [5.74, 6) is 1.15. The zero-order valence-corrected chi connectivity index (χ0v) is 8.43. The molecule has 0 aromatic carbocycles. The molecule has 0 aromatic rings. The summed E-state index contributed by atoms with van der Waals surface area (Å²) < 4.78 is 0. The fraction of sp³-hybridized carbons (Fsp3) is 0.909. The largest absolute Gasteiger partial charge is 0.198 e. The molecule has 0 aromatic heterocycles. The van der Waals surface area contributed by atoms with Crippen molar-refractivity contribution in [1.29, 1.82) is 5.26 Å². The van der Waals surface area contributed by atoms with Gasteiger partial charge in [-0.15, -0.1) is 0 Å². The molecule has 0 N–H and O–H groups in total. The lowest BCUT2D eigenvalue weighted by molar-refractivity contribution is 0.355. The van der Waals surface area contributed by atoms with Gasteiger partial charge in [-0.1, -0.05) is 27.2 Å². The molecule has 1 aliphatic rings. The van der Waals surface area contributed by atoms with E-state index >= 15 is 0 Å². The number of nitrogens with zero attached hydrogens (tertiary/aromatic N) is 1. The van der Waals surface area contributed by atoms with Gasteiger partial charge in [0.25, 0.3) is 0 Å². The summed E-state index contributed by atoms with van der Waals surface area (Å²) in [6.07, 6.45) is 5.03. The second-order valence-corrected chi connectivity index (χ2v) is 5.18. The van der Waals surface area contributed by atoms with Crippen molar-refractivity contribution >= 4 is 0 Å². The van der Waals surface area contributed by atoms with E-state index in [1.54, 1.807) is 0 Å². The molecule has 0 bridgehead atoms. The van der Waals surface area contributed by atoms with Crippen LogP contribution in [0.15, 0.2) is 0 Å². The van der Waals surface area contributed by atoms with Crippen molar-refractivity contribution in [2.75, 3.05) is 0 Å². The Labute approximate surface area is 75.8 Å². The van der Waals surface area contributed by atoms with Crippen LogP contribution >= 0.6 is 0 Å². The second kappa shape index (κ2) is 3.47. The lowest BCUT2D eigenvalue weighted by atomic mass is 9.89. The van der Waals surface area contributed by atoms with Crippen LogP contribution in [0.4, 0.5) is 0 Å². The van der Waals surface area contributed by atoms with Crippen LogP contribution in [0, 0.1) is 28.6 Å². The summed E-state index contributed by atoms with van der Waals surface area (Å²) in [4.78, 5) is 0. The lowest BCUT2D eigenvalue weighted by Gasteiger charge is -2.17. The van der Waals surface area contributed by atoms with Crippen molar-refractivity contribution in [3.8, 4) is 6.07 Å². The Hall–Kier alpha value is -0.510. The molecule has 1 nitrogen and oxygen atoms in total. The molecule has 1 aliphatic carbocycles. The van der Waals surface area contributed by atoms with Crippen molar-refractivity contribution < 1.29 is 0 Å². The van der Waals surface area contributed by atoms with E-state index in [-0.39, 0.29) is 0 Å². The molecule has 0 radical (unpaired) electrons. The number of hydrogen-bond donors (Lipinski definition) is 0. The molecule has 1 heteroatoms. The SMILES string of the molecule is CC(C)(C)CCCC1CC1C#N. The number of rotatable bonds is 3. The maximum Gasteiger partial charge on any atom is 0.0658 e. The van der Waals surface area contributed by atoms with Crippen LogP contribution < -0.4 is 0 Å². The predicted molar refractivity (Wildman–Crippen MR) is 50.5 cm³/mol. The molecule has 0 spiro atoms. The number of nitriles is 1. The zero-order chi connectivity index (χ0) is 9.19. The Bertz CT molecular complexity index is 182. The third-order valence-corrected chi connectivity index (χ3v) is 2.59. The minimum atomic E-state index is 0.407. The van der Waals surface area contributed by atoms with Crippen molar-refractivity contribution in [2.24, 2.45) is 17.3 Å². The van der Waals surface area contributed by atoms with Crippen LogP contribution in [0.1, 0.15) is 46.5 Å². The van der Waals surface area contributed by atoms with Gasteiger partial charge in [0.2, 0.25) is 0 Å². The van der Waals surface area contributed by atoms with E-state index in [2.05, 4.69) is 26.8 Å². The zero-order valence-electron chi connectivity index (χ0n) is 8.43. The van der Waals surface area contributed by atoms with Crippen LogP contribution in [0.5, 0.6) is 0 Å². The molecule has 0 heterocycles. The summed E-state index contributed by atoms with van der Waals surface area (Å²) in [6, 6.07) is 2.34. The number of hydrogen-bond acceptors (Lipinski definition) is 1. The first kappa shape index (κ1) is 9.58. The van der Waals surface area contributed by atoms with Gasteiger partial charge in [-0.2, -0.15) is 5.26 Å². The predicted octanol–water partition coefficient (Wildman–Crippen LogP) is 3.36. The topological polar surface area (TPSA) is 23.8 Å². The van der Waals surface area contributed by atoms with E-state index in [4.69, 9.17) is 5.26 Å². The van der Waals surface area contributed by atoms with Gasteiger partial charge in [0, 0.05) is 5.92 Å². The third-order valence-electron chi connectivity index (χ3n) is 2.59. The van der Waals surface area contributed by atoms with Gasteiger partial charge in [-0.3, -0.25) is 0 Å². The summed E-state index contributed by atoms with van der Waals surface area (Å²) in [5.41, 5.74) is 0.469. The Balaban J connectivity index is 2.02. The normalized spacial score (nSPS) is 28.2. The molecule has 1 fully saturated rings. The highest BCUT2D eigenvalue weighted by atomic mass is 14.4. The standard InChI is InChI=1S/C11H19N/c1-11(2,3)6-4-5-9-7-10(9)8-12/h9-10H,4-7H2,1-3H3. The molecule has 0 amide bonds. The van der Waals surface area contributed by atoms with E-state index < -0.39 is 0 Å². The average molecular weight is 165 g/mol. The van der Waals surface area contributed by atoms with E-state index in [9.17, 15) is 0 Å². The van der Waals surface area contributed by atoms with E-state index in [0.717, 1.165) is 5.92 Å². The van der Waals surface area contributed by atoms with Gasteiger partial charge >= 0.3 is 0 Å². The van der Waals surface area contributed by atoms with Crippen molar-refractivity contribution in [2.45, 2.75) is 46.5 Å². The van der Waals surface area contributed by atoms with Crippen molar-refractivity contribution in [3.63, 3.8) is 0 Å². The molecule has 1 rings (SSSR count). The molecule has 68 valence electrons. The lowest BCUT2D eigenvalue weighted by Crippen LogP contribution is -2.04. The highest BCUT2D eigenvalue weighted by Gasteiger charge is 2.36. The first-order valence-corrected chi connectivity index (χ1v) is 4.92. The second-order valence-electron chi connectivity index (χ2n) is 5.18. The van der Waals surface area contributed by atoms with Crippen LogP contribution in [-0.4, -0.2) is 0 Å². The molecule has 1 saturated carbocycles. The smallest absolute Gasteiger partial charge is 0.0658 e. The monoisotopic (exact) mass is 165 g/mol. The van der Waals surface area contributed by atoms with Gasteiger partial charge in [-0.25, -0.2) is 0 Å². The Morgan fingerprint density at radius 3 is 2.50 bits per heavy atom. The highest BCUT2D eigenvalue weighted by Crippen LogP contribution is 2.42. The van der Waals surface area contributed by atoms with E-state index in [0.29, 0.717) is 11.3 Å². The minimum absolute atomic E-state index is 0.407. The van der Waals surface area contributed by atoms with Gasteiger partial charge in [0.05, 0.1) is 6.07 Å². The van der Waals surface area contributed by atoms with Crippen molar-refractivity contribution in [3.05, 3.63) is 0 Å². The maximum absolute atomic E-state index is 8.59. The van der Waals surface area contributed by atoms with Crippen LogP contribution in [0.3, 0.4) is 0 Å². The quantitative estimate of drug-likeness (QED) is 0.629. The average Bonchev–Trinajstić information content (AvgIpc) is 2.64. The van der Waals surface area contributed by atoms with Crippen LogP contribution in [0.25, 0.3) is 0 Å². The van der Waals surface area contributed by atoms with Crippen molar-refractivity contribution in [1.82, 2.24) is 0 Å². The third kappa shape index (κ3) is 3.26. The van der Waals surface area contributed by atoms with Gasteiger partial charge in [-0.05, 0) is 30.6 Å². The van der Waals surface area contributed by atoms with Crippen LogP contribution in [0.2, 0.25) is 0 Å². The Morgan fingerprint density at radius 2 is 2.08 bits per heavy atom. The molecule has 0 saturated heterocycles. The van der Waals surface area contributed by atoms with Gasteiger partial charge in [0.15, 0.2) is 0 Å². The Morgan fingerprint density at radius 1 is 1.42 bits per heavy atom. The minimum Gasteiger partial charge on any atom is -0.198 e. The molecular weight excluding hydrogens is 146 g/mol. The molecule has 2 unspecified atom stereocenters. The molecular formula is C11H19N. The van der Waals surface area contributed by atoms with Crippen LogP contribution in [-0.2, 0) is 0 Å². The van der Waals surface area contributed by atoms with E-state index in [1.807, 2.05) is 0 Å². The summed E-state index contributed by atoms with van der Waals surface area (Å²) >= 11 is 0. The molecule has 12 heavy (non-hydrogen) atoms. The van der Waals surface area contributed by atoms with E-state index in [1.165, 1.54) is 25.7 Å².